The smallest absolute Gasteiger partial charge is 0.353 e. The molecule has 1 aliphatic heterocycles. The zero-order valence-electron chi connectivity index (χ0n) is 7.21. The van der Waals surface area contributed by atoms with Gasteiger partial charge in [-0.2, -0.15) is 0 Å². The average Bonchev–Trinajstić information content (AvgIpc) is 2.52. The van der Waals surface area contributed by atoms with Crippen molar-refractivity contribution in [3.05, 3.63) is 0 Å². The molecule has 14 heavy (non-hydrogen) atoms. The summed E-state index contributed by atoms with van der Waals surface area (Å²) in [4.78, 5) is 25.5. The molecule has 0 unspecified atom stereocenters. The Hall–Kier alpha value is -1.63. The van der Waals surface area contributed by atoms with E-state index in [4.69, 9.17) is 20.8 Å². The monoisotopic (exact) mass is 202 g/mol. The van der Waals surface area contributed by atoms with Gasteiger partial charge in [-0.15, -0.1) is 0 Å². The highest BCUT2D eigenvalue weighted by molar-refractivity contribution is 6.35. The van der Waals surface area contributed by atoms with E-state index in [9.17, 15) is 9.59 Å². The van der Waals surface area contributed by atoms with Crippen molar-refractivity contribution < 1.29 is 24.6 Å². The number of carboxylic acid groups (broad SMARTS) is 2. The number of oxime groups is 1. The van der Waals surface area contributed by atoms with Gasteiger partial charge < -0.3 is 20.8 Å². The van der Waals surface area contributed by atoms with Crippen molar-refractivity contribution in [1.29, 1.82) is 0 Å². The maximum atomic E-state index is 10.4. The molecule has 0 aromatic rings. The number of aliphatic carboxylic acids is 2. The summed E-state index contributed by atoms with van der Waals surface area (Å²) in [6.07, 6.45) is -0.404. The van der Waals surface area contributed by atoms with Crippen molar-refractivity contribution in [2.24, 2.45) is 10.9 Å². The molecule has 0 aliphatic carbocycles. The van der Waals surface area contributed by atoms with Crippen LogP contribution in [0, 0.1) is 0 Å². The van der Waals surface area contributed by atoms with Gasteiger partial charge in [-0.25, -0.2) is 4.79 Å². The standard InChI is InChI=1S/C7H10N2O5/c8-4(6(10)11)1-3-2-5(7(12)13)9-14-3/h3-4H,1-2,8H2,(H,10,11)(H,12,13)/t3-,4-/m1/s1. The molecule has 0 radical (unpaired) electrons. The number of carboxylic acids is 2. The van der Waals surface area contributed by atoms with Crippen molar-refractivity contribution in [3.8, 4) is 0 Å². The van der Waals surface area contributed by atoms with E-state index in [1.165, 1.54) is 0 Å². The fourth-order valence-electron chi connectivity index (χ4n) is 1.07. The first-order valence-corrected chi connectivity index (χ1v) is 3.95. The van der Waals surface area contributed by atoms with Gasteiger partial charge in [-0.05, 0) is 0 Å². The Morgan fingerprint density at radius 2 is 2.29 bits per heavy atom. The van der Waals surface area contributed by atoms with E-state index in [1.54, 1.807) is 0 Å². The van der Waals surface area contributed by atoms with Crippen molar-refractivity contribution in [1.82, 2.24) is 0 Å². The number of nitrogens with two attached hydrogens (primary N) is 1. The first-order chi connectivity index (χ1) is 6.50. The SMILES string of the molecule is N[C@H](C[C@@H]1CC(C(=O)O)=NO1)C(=O)O. The van der Waals surface area contributed by atoms with E-state index < -0.39 is 24.1 Å². The lowest BCUT2D eigenvalue weighted by Crippen LogP contribution is -2.34. The highest BCUT2D eigenvalue weighted by atomic mass is 16.6. The lowest BCUT2D eigenvalue weighted by atomic mass is 10.1. The van der Waals surface area contributed by atoms with Crippen LogP contribution in [0.15, 0.2) is 5.16 Å². The van der Waals surface area contributed by atoms with Gasteiger partial charge in [0.05, 0.1) is 0 Å². The van der Waals surface area contributed by atoms with Crippen LogP contribution < -0.4 is 5.73 Å². The summed E-state index contributed by atoms with van der Waals surface area (Å²) < 4.78 is 0. The number of hydrogen-bond acceptors (Lipinski definition) is 5. The summed E-state index contributed by atoms with van der Waals surface area (Å²) in [5, 5.41) is 20.3. The second-order valence-electron chi connectivity index (χ2n) is 2.96. The summed E-state index contributed by atoms with van der Waals surface area (Å²) in [5.74, 6) is -2.30. The van der Waals surface area contributed by atoms with Gasteiger partial charge in [-0.1, -0.05) is 5.16 Å². The maximum Gasteiger partial charge on any atom is 0.353 e. The third kappa shape index (κ3) is 2.43. The predicted molar refractivity (Wildman–Crippen MR) is 44.8 cm³/mol. The number of nitrogens with zero attached hydrogens (tertiary/aromatic N) is 1. The van der Waals surface area contributed by atoms with Crippen LogP contribution in [-0.2, 0) is 14.4 Å². The molecule has 0 spiro atoms. The van der Waals surface area contributed by atoms with Crippen LogP contribution in [0.5, 0.6) is 0 Å². The molecule has 0 aromatic heterocycles. The van der Waals surface area contributed by atoms with E-state index in [1.807, 2.05) is 0 Å². The molecular weight excluding hydrogens is 192 g/mol. The topological polar surface area (TPSA) is 122 Å². The van der Waals surface area contributed by atoms with Crippen molar-refractivity contribution >= 4 is 17.7 Å². The quantitative estimate of drug-likeness (QED) is 0.538. The molecule has 0 amide bonds. The Morgan fingerprint density at radius 3 is 2.71 bits per heavy atom. The van der Waals surface area contributed by atoms with Gasteiger partial charge in [0.2, 0.25) is 0 Å². The minimum Gasteiger partial charge on any atom is -0.480 e. The summed E-state index contributed by atoms with van der Waals surface area (Å²) >= 11 is 0. The third-order valence-corrected chi connectivity index (χ3v) is 1.81. The van der Waals surface area contributed by atoms with Gasteiger partial charge in [0, 0.05) is 12.8 Å². The van der Waals surface area contributed by atoms with Crippen molar-refractivity contribution in [3.63, 3.8) is 0 Å². The normalized spacial score (nSPS) is 22.4. The first kappa shape index (κ1) is 10.5. The lowest BCUT2D eigenvalue weighted by molar-refractivity contribution is -0.139. The van der Waals surface area contributed by atoms with E-state index in [2.05, 4.69) is 5.16 Å². The summed E-state index contributed by atoms with van der Waals surface area (Å²) in [5.41, 5.74) is 5.14. The lowest BCUT2D eigenvalue weighted by Gasteiger charge is -2.10. The second-order valence-corrected chi connectivity index (χ2v) is 2.96. The van der Waals surface area contributed by atoms with E-state index in [-0.39, 0.29) is 18.6 Å². The van der Waals surface area contributed by atoms with Crippen LogP contribution in [0.2, 0.25) is 0 Å². The van der Waals surface area contributed by atoms with E-state index >= 15 is 0 Å². The molecule has 0 bridgehead atoms. The predicted octanol–water partition coefficient (Wildman–Crippen LogP) is -0.982. The Kier molecular flexibility index (Phi) is 3.03. The fourth-order valence-corrected chi connectivity index (χ4v) is 1.07. The number of rotatable bonds is 4. The van der Waals surface area contributed by atoms with Crippen LogP contribution >= 0.6 is 0 Å². The number of hydrogen-bond donors (Lipinski definition) is 3. The van der Waals surface area contributed by atoms with Gasteiger partial charge in [0.1, 0.15) is 12.1 Å². The van der Waals surface area contributed by atoms with Crippen molar-refractivity contribution in [2.45, 2.75) is 25.0 Å². The number of carbonyl (C=O) groups is 2. The molecule has 0 fully saturated rings. The van der Waals surface area contributed by atoms with Crippen LogP contribution in [0.25, 0.3) is 0 Å². The molecule has 1 heterocycles. The molecule has 0 saturated heterocycles. The molecular formula is C7H10N2O5. The van der Waals surface area contributed by atoms with Crippen molar-refractivity contribution in [2.75, 3.05) is 0 Å². The summed E-state index contributed by atoms with van der Waals surface area (Å²) in [6.45, 7) is 0. The maximum absolute atomic E-state index is 10.4. The van der Waals surface area contributed by atoms with Crippen LogP contribution in [-0.4, -0.2) is 40.0 Å². The minimum absolute atomic E-state index is 0.0512. The highest BCUT2D eigenvalue weighted by Crippen LogP contribution is 2.15. The van der Waals surface area contributed by atoms with E-state index in [0.717, 1.165) is 0 Å². The zero-order chi connectivity index (χ0) is 10.7. The van der Waals surface area contributed by atoms with Crippen LogP contribution in [0.3, 0.4) is 0 Å². The molecule has 4 N–H and O–H groups in total. The minimum atomic E-state index is -1.16. The molecule has 2 atom stereocenters. The Labute approximate surface area is 79.1 Å². The fraction of sp³-hybridized carbons (Fsp3) is 0.571. The van der Waals surface area contributed by atoms with Gasteiger partial charge in [0.25, 0.3) is 0 Å². The van der Waals surface area contributed by atoms with Gasteiger partial charge in [0.15, 0.2) is 5.71 Å². The second kappa shape index (κ2) is 4.05. The molecule has 7 heteroatoms. The Balaban J connectivity index is 2.39. The van der Waals surface area contributed by atoms with Crippen LogP contribution in [0.1, 0.15) is 12.8 Å². The largest absolute Gasteiger partial charge is 0.480 e. The molecule has 0 saturated carbocycles. The average molecular weight is 202 g/mol. The third-order valence-electron chi connectivity index (χ3n) is 1.81. The zero-order valence-corrected chi connectivity index (χ0v) is 7.21. The molecule has 1 aliphatic rings. The highest BCUT2D eigenvalue weighted by Gasteiger charge is 2.29. The summed E-state index contributed by atoms with van der Waals surface area (Å²) in [6, 6.07) is -1.05. The molecule has 78 valence electrons. The summed E-state index contributed by atoms with van der Waals surface area (Å²) in [7, 11) is 0. The first-order valence-electron chi connectivity index (χ1n) is 3.95. The van der Waals surface area contributed by atoms with E-state index in [0.29, 0.717) is 0 Å². The molecule has 7 nitrogen and oxygen atoms in total. The molecule has 0 aromatic carbocycles. The van der Waals surface area contributed by atoms with Gasteiger partial charge in [-0.3, -0.25) is 4.79 Å². The molecule has 1 rings (SSSR count). The van der Waals surface area contributed by atoms with Crippen LogP contribution in [0.4, 0.5) is 0 Å². The van der Waals surface area contributed by atoms with Gasteiger partial charge >= 0.3 is 11.9 Å². The Bertz CT molecular complexity index is 288. The Morgan fingerprint density at radius 1 is 1.64 bits per heavy atom.